The number of para-hydroxylation sites is 1. The number of sulfone groups is 1. The highest BCUT2D eigenvalue weighted by molar-refractivity contribution is 7.92. The Morgan fingerprint density at radius 1 is 1.07 bits per heavy atom. The quantitative estimate of drug-likeness (QED) is 0.657. The highest BCUT2D eigenvalue weighted by Crippen LogP contribution is 2.15. The zero-order valence-electron chi connectivity index (χ0n) is 14.4. The second-order valence-electron chi connectivity index (χ2n) is 5.94. The number of hydrogen-bond donors (Lipinski definition) is 1. The second kappa shape index (κ2) is 8.37. The average Bonchev–Trinajstić information content (AvgIpc) is 3.11. The molecule has 1 amide bonds. The predicted octanol–water partition coefficient (Wildman–Crippen LogP) is 2.66. The first-order valence-electron chi connectivity index (χ1n) is 8.28. The molecule has 1 N–H and O–H groups in total. The van der Waals surface area contributed by atoms with Gasteiger partial charge in [0, 0.05) is 17.8 Å². The van der Waals surface area contributed by atoms with Gasteiger partial charge in [-0.25, -0.2) is 13.1 Å². The van der Waals surface area contributed by atoms with Gasteiger partial charge >= 0.3 is 0 Å². The van der Waals surface area contributed by atoms with Crippen LogP contribution in [0, 0.1) is 0 Å². The van der Waals surface area contributed by atoms with E-state index in [1.54, 1.807) is 10.9 Å². The normalized spacial score (nSPS) is 11.3. The third-order valence-corrected chi connectivity index (χ3v) is 5.77. The molecule has 0 atom stereocenters. The minimum Gasteiger partial charge on any atom is -0.355 e. The second-order valence-corrected chi connectivity index (χ2v) is 8.37. The standard InChI is InChI=1S/C19H18ClN3O3S/c20-16-6-8-18(9-7-16)27(25,26)14-19(24)21-11-10-15-12-22-23(13-15)17-4-2-1-3-5-17/h1-9,12-13H,10-11,14H2,(H,21,24). The summed E-state index contributed by atoms with van der Waals surface area (Å²) in [6.07, 6.45) is 4.16. The molecule has 1 aromatic heterocycles. The predicted molar refractivity (Wildman–Crippen MR) is 104 cm³/mol. The molecule has 0 bridgehead atoms. The van der Waals surface area contributed by atoms with E-state index in [0.717, 1.165) is 11.3 Å². The van der Waals surface area contributed by atoms with Crippen LogP contribution in [0.2, 0.25) is 5.02 Å². The van der Waals surface area contributed by atoms with Crippen LogP contribution < -0.4 is 5.32 Å². The lowest BCUT2D eigenvalue weighted by Crippen LogP contribution is -2.31. The number of halogens is 1. The van der Waals surface area contributed by atoms with Crippen molar-refractivity contribution in [1.29, 1.82) is 0 Å². The maximum absolute atomic E-state index is 12.2. The van der Waals surface area contributed by atoms with Crippen molar-refractivity contribution in [1.82, 2.24) is 15.1 Å². The summed E-state index contributed by atoms with van der Waals surface area (Å²) in [5, 5.41) is 7.36. The monoisotopic (exact) mass is 403 g/mol. The summed E-state index contributed by atoms with van der Waals surface area (Å²) in [6, 6.07) is 15.4. The van der Waals surface area contributed by atoms with Crippen LogP contribution in [0.4, 0.5) is 0 Å². The summed E-state index contributed by atoms with van der Waals surface area (Å²) in [4.78, 5) is 12.1. The van der Waals surface area contributed by atoms with Crippen LogP contribution in [0.1, 0.15) is 5.56 Å². The maximum atomic E-state index is 12.2. The van der Waals surface area contributed by atoms with Crippen LogP contribution in [0.25, 0.3) is 5.69 Å². The Hall–Kier alpha value is -2.64. The first-order valence-corrected chi connectivity index (χ1v) is 10.3. The fourth-order valence-corrected chi connectivity index (χ4v) is 3.80. The number of aromatic nitrogens is 2. The van der Waals surface area contributed by atoms with Gasteiger partial charge in [-0.3, -0.25) is 4.79 Å². The van der Waals surface area contributed by atoms with Gasteiger partial charge in [-0.2, -0.15) is 5.10 Å². The molecule has 0 saturated heterocycles. The van der Waals surface area contributed by atoms with Crippen LogP contribution in [-0.2, 0) is 21.1 Å². The number of amides is 1. The molecule has 3 aromatic rings. The summed E-state index contributed by atoms with van der Waals surface area (Å²) in [5.41, 5.74) is 1.89. The smallest absolute Gasteiger partial charge is 0.235 e. The third-order valence-electron chi connectivity index (χ3n) is 3.89. The molecule has 0 radical (unpaired) electrons. The van der Waals surface area contributed by atoms with Gasteiger partial charge in [-0.15, -0.1) is 0 Å². The molecule has 0 unspecified atom stereocenters. The zero-order valence-corrected chi connectivity index (χ0v) is 15.9. The summed E-state index contributed by atoms with van der Waals surface area (Å²) in [5.74, 6) is -1.14. The van der Waals surface area contributed by atoms with E-state index in [4.69, 9.17) is 11.6 Å². The van der Waals surface area contributed by atoms with Crippen molar-refractivity contribution in [2.24, 2.45) is 0 Å². The lowest BCUT2D eigenvalue weighted by Gasteiger charge is -2.06. The van der Waals surface area contributed by atoms with Crippen molar-refractivity contribution in [2.45, 2.75) is 11.3 Å². The molecule has 0 aliphatic rings. The van der Waals surface area contributed by atoms with E-state index in [9.17, 15) is 13.2 Å². The number of carbonyl (C=O) groups is 1. The summed E-state index contributed by atoms with van der Waals surface area (Å²) in [7, 11) is -3.69. The van der Waals surface area contributed by atoms with Gasteiger partial charge in [-0.1, -0.05) is 29.8 Å². The Labute approximate surface area is 162 Å². The molecule has 8 heteroatoms. The molecule has 6 nitrogen and oxygen atoms in total. The molecule has 27 heavy (non-hydrogen) atoms. The molecule has 1 heterocycles. The van der Waals surface area contributed by atoms with E-state index in [-0.39, 0.29) is 4.90 Å². The van der Waals surface area contributed by atoms with Crippen molar-refractivity contribution in [3.8, 4) is 5.69 Å². The molecule has 0 saturated carbocycles. The largest absolute Gasteiger partial charge is 0.355 e. The van der Waals surface area contributed by atoms with E-state index in [0.29, 0.717) is 18.0 Å². The van der Waals surface area contributed by atoms with Crippen molar-refractivity contribution < 1.29 is 13.2 Å². The Morgan fingerprint density at radius 2 is 1.78 bits per heavy atom. The minimum atomic E-state index is -3.69. The number of benzene rings is 2. The fraction of sp³-hybridized carbons (Fsp3) is 0.158. The molecule has 0 spiro atoms. The van der Waals surface area contributed by atoms with E-state index < -0.39 is 21.5 Å². The first-order chi connectivity index (χ1) is 12.9. The van der Waals surface area contributed by atoms with Gasteiger partial charge < -0.3 is 5.32 Å². The van der Waals surface area contributed by atoms with E-state index in [1.807, 2.05) is 36.5 Å². The number of nitrogens with zero attached hydrogens (tertiary/aromatic N) is 2. The Morgan fingerprint density at radius 3 is 2.48 bits per heavy atom. The molecule has 3 rings (SSSR count). The average molecular weight is 404 g/mol. The number of rotatable bonds is 7. The number of carbonyl (C=O) groups excluding carboxylic acids is 1. The molecule has 0 aliphatic carbocycles. The van der Waals surface area contributed by atoms with Crippen LogP contribution in [0.5, 0.6) is 0 Å². The highest BCUT2D eigenvalue weighted by Gasteiger charge is 2.19. The molecule has 0 fully saturated rings. The third kappa shape index (κ3) is 5.18. The van der Waals surface area contributed by atoms with Gasteiger partial charge in [0.1, 0.15) is 5.75 Å². The fourth-order valence-electron chi connectivity index (χ4n) is 2.51. The molecule has 0 aliphatic heterocycles. The minimum absolute atomic E-state index is 0.0752. The summed E-state index contributed by atoms with van der Waals surface area (Å²) >= 11 is 5.75. The van der Waals surface area contributed by atoms with Crippen molar-refractivity contribution in [2.75, 3.05) is 12.3 Å². The van der Waals surface area contributed by atoms with Crippen LogP contribution in [0.15, 0.2) is 71.9 Å². The van der Waals surface area contributed by atoms with Crippen molar-refractivity contribution >= 4 is 27.3 Å². The van der Waals surface area contributed by atoms with E-state index in [1.165, 1.54) is 24.3 Å². The van der Waals surface area contributed by atoms with Crippen LogP contribution >= 0.6 is 11.6 Å². The van der Waals surface area contributed by atoms with E-state index in [2.05, 4.69) is 10.4 Å². The molecule has 140 valence electrons. The van der Waals surface area contributed by atoms with Gasteiger partial charge in [0.2, 0.25) is 5.91 Å². The van der Waals surface area contributed by atoms with Gasteiger partial charge in [0.15, 0.2) is 9.84 Å². The van der Waals surface area contributed by atoms with Crippen LogP contribution in [-0.4, -0.2) is 36.4 Å². The van der Waals surface area contributed by atoms with Gasteiger partial charge in [-0.05, 0) is 48.4 Å². The van der Waals surface area contributed by atoms with E-state index >= 15 is 0 Å². The highest BCUT2D eigenvalue weighted by atomic mass is 35.5. The summed E-state index contributed by atoms with van der Waals surface area (Å²) < 4.78 is 26.2. The molecule has 2 aromatic carbocycles. The number of hydrogen-bond acceptors (Lipinski definition) is 4. The molecular weight excluding hydrogens is 386 g/mol. The first kappa shape index (κ1) is 19.1. The lowest BCUT2D eigenvalue weighted by molar-refractivity contribution is -0.118. The SMILES string of the molecule is O=C(CS(=O)(=O)c1ccc(Cl)cc1)NCCc1cnn(-c2ccccc2)c1. The Balaban J connectivity index is 1.51. The lowest BCUT2D eigenvalue weighted by atomic mass is 10.2. The Bertz CT molecular complexity index is 1020. The Kier molecular flexibility index (Phi) is 5.93. The van der Waals surface area contributed by atoms with Gasteiger partial charge in [0.25, 0.3) is 0 Å². The maximum Gasteiger partial charge on any atom is 0.235 e. The molecular formula is C19H18ClN3O3S. The topological polar surface area (TPSA) is 81.1 Å². The number of nitrogens with one attached hydrogen (secondary N) is 1. The van der Waals surface area contributed by atoms with Crippen molar-refractivity contribution in [3.63, 3.8) is 0 Å². The van der Waals surface area contributed by atoms with Gasteiger partial charge in [0.05, 0.1) is 16.8 Å². The van der Waals surface area contributed by atoms with Crippen molar-refractivity contribution in [3.05, 3.63) is 77.6 Å². The summed E-state index contributed by atoms with van der Waals surface area (Å²) in [6.45, 7) is 0.329. The zero-order chi connectivity index (χ0) is 19.3. The van der Waals surface area contributed by atoms with Crippen LogP contribution in [0.3, 0.4) is 0 Å².